The standard InChI is InChI=1S/C11H20N2/c1-9(2)7-10(8-12)11-5-3-4-6-13-11/h3-4,6,9-11H,5,7-8,12H2,1-2H3/t10-,11?/m1/s1. The van der Waals surface area contributed by atoms with Crippen LogP contribution in [0.2, 0.25) is 0 Å². The molecule has 74 valence electrons. The Hall–Kier alpha value is -0.630. The van der Waals surface area contributed by atoms with Crippen LogP contribution in [-0.4, -0.2) is 18.8 Å². The van der Waals surface area contributed by atoms with Gasteiger partial charge in [0.05, 0.1) is 6.04 Å². The Bertz CT molecular complexity index is 194. The summed E-state index contributed by atoms with van der Waals surface area (Å²) in [6, 6.07) is 0.428. The molecule has 2 nitrogen and oxygen atoms in total. The molecule has 1 heterocycles. The van der Waals surface area contributed by atoms with Gasteiger partial charge in [-0.3, -0.25) is 4.99 Å². The fourth-order valence-corrected chi connectivity index (χ4v) is 1.83. The summed E-state index contributed by atoms with van der Waals surface area (Å²) in [5, 5.41) is 0. The molecule has 0 radical (unpaired) electrons. The van der Waals surface area contributed by atoms with Crippen LogP contribution in [0.4, 0.5) is 0 Å². The predicted molar refractivity (Wildman–Crippen MR) is 58.0 cm³/mol. The zero-order valence-electron chi connectivity index (χ0n) is 8.61. The minimum atomic E-state index is 0.428. The summed E-state index contributed by atoms with van der Waals surface area (Å²) in [4.78, 5) is 4.46. The number of hydrogen-bond acceptors (Lipinski definition) is 2. The first kappa shape index (κ1) is 10.5. The number of dihydropyridines is 1. The first-order chi connectivity index (χ1) is 6.24. The predicted octanol–water partition coefficient (Wildman–Crippen LogP) is 2.01. The molecule has 1 aliphatic heterocycles. The third-order valence-electron chi connectivity index (χ3n) is 2.50. The molecule has 0 aromatic heterocycles. The highest BCUT2D eigenvalue weighted by Crippen LogP contribution is 2.20. The molecule has 0 saturated carbocycles. The van der Waals surface area contributed by atoms with Crippen LogP contribution in [0.15, 0.2) is 17.1 Å². The Morgan fingerprint density at radius 1 is 1.54 bits per heavy atom. The Balaban J connectivity index is 2.46. The number of rotatable bonds is 4. The van der Waals surface area contributed by atoms with Crippen LogP contribution in [0.5, 0.6) is 0 Å². The third-order valence-corrected chi connectivity index (χ3v) is 2.50. The van der Waals surface area contributed by atoms with Gasteiger partial charge in [-0.2, -0.15) is 0 Å². The first-order valence-corrected chi connectivity index (χ1v) is 5.12. The minimum absolute atomic E-state index is 0.428. The maximum Gasteiger partial charge on any atom is 0.0574 e. The topological polar surface area (TPSA) is 38.4 Å². The molecule has 1 aliphatic rings. The van der Waals surface area contributed by atoms with E-state index >= 15 is 0 Å². The molecule has 13 heavy (non-hydrogen) atoms. The SMILES string of the molecule is CC(C)C[C@H](CN)C1CC=CC=N1. The van der Waals surface area contributed by atoms with Crippen molar-refractivity contribution in [2.24, 2.45) is 22.6 Å². The van der Waals surface area contributed by atoms with Gasteiger partial charge in [-0.1, -0.05) is 19.9 Å². The van der Waals surface area contributed by atoms with Crippen LogP contribution in [-0.2, 0) is 0 Å². The Kier molecular flexibility index (Phi) is 4.16. The van der Waals surface area contributed by atoms with Crippen LogP contribution in [0.1, 0.15) is 26.7 Å². The highest BCUT2D eigenvalue weighted by atomic mass is 14.8. The Labute approximate surface area is 80.9 Å². The summed E-state index contributed by atoms with van der Waals surface area (Å²) in [7, 11) is 0. The maximum absolute atomic E-state index is 5.75. The molecule has 2 heteroatoms. The van der Waals surface area contributed by atoms with E-state index in [2.05, 4.69) is 24.9 Å². The van der Waals surface area contributed by atoms with E-state index in [1.165, 1.54) is 6.42 Å². The molecule has 0 spiro atoms. The normalized spacial score (nSPS) is 23.8. The van der Waals surface area contributed by atoms with Gasteiger partial charge in [-0.25, -0.2) is 0 Å². The Morgan fingerprint density at radius 3 is 2.77 bits per heavy atom. The monoisotopic (exact) mass is 180 g/mol. The van der Waals surface area contributed by atoms with Gasteiger partial charge < -0.3 is 5.73 Å². The molecule has 2 atom stereocenters. The number of nitrogens with zero attached hydrogens (tertiary/aromatic N) is 1. The van der Waals surface area contributed by atoms with Crippen molar-refractivity contribution in [2.45, 2.75) is 32.7 Å². The molecule has 1 unspecified atom stereocenters. The van der Waals surface area contributed by atoms with E-state index in [1.807, 2.05) is 12.3 Å². The maximum atomic E-state index is 5.75. The Morgan fingerprint density at radius 2 is 2.31 bits per heavy atom. The van der Waals surface area contributed by atoms with E-state index < -0.39 is 0 Å². The van der Waals surface area contributed by atoms with E-state index in [0.717, 1.165) is 18.9 Å². The number of aliphatic imine (C=N–C) groups is 1. The van der Waals surface area contributed by atoms with Gasteiger partial charge in [0.2, 0.25) is 0 Å². The van der Waals surface area contributed by atoms with Crippen LogP contribution < -0.4 is 5.73 Å². The summed E-state index contributed by atoms with van der Waals surface area (Å²) in [5.74, 6) is 1.27. The lowest BCUT2D eigenvalue weighted by atomic mass is 9.88. The van der Waals surface area contributed by atoms with Gasteiger partial charge in [0.25, 0.3) is 0 Å². The first-order valence-electron chi connectivity index (χ1n) is 5.12. The lowest BCUT2D eigenvalue weighted by molar-refractivity contribution is 0.355. The molecule has 0 amide bonds. The molecule has 0 saturated heterocycles. The second-order valence-electron chi connectivity index (χ2n) is 4.15. The van der Waals surface area contributed by atoms with Crippen LogP contribution in [0, 0.1) is 11.8 Å². The molecule has 0 fully saturated rings. The van der Waals surface area contributed by atoms with Gasteiger partial charge in [-0.05, 0) is 37.3 Å². The number of allylic oxidation sites excluding steroid dienone is 1. The third kappa shape index (κ3) is 3.31. The largest absolute Gasteiger partial charge is 0.330 e. The molecular formula is C11H20N2. The minimum Gasteiger partial charge on any atom is -0.330 e. The van der Waals surface area contributed by atoms with Crippen LogP contribution in [0.3, 0.4) is 0 Å². The number of nitrogens with two attached hydrogens (primary N) is 1. The quantitative estimate of drug-likeness (QED) is 0.706. The molecule has 2 N–H and O–H groups in total. The van der Waals surface area contributed by atoms with Crippen molar-refractivity contribution < 1.29 is 0 Å². The van der Waals surface area contributed by atoms with Gasteiger partial charge in [0.1, 0.15) is 0 Å². The summed E-state index contributed by atoms with van der Waals surface area (Å²) in [5.41, 5.74) is 5.75. The highest BCUT2D eigenvalue weighted by molar-refractivity contribution is 5.72. The zero-order chi connectivity index (χ0) is 9.68. The van der Waals surface area contributed by atoms with E-state index in [-0.39, 0.29) is 0 Å². The molecule has 0 bridgehead atoms. The van der Waals surface area contributed by atoms with Crippen molar-refractivity contribution in [3.8, 4) is 0 Å². The lowest BCUT2D eigenvalue weighted by Gasteiger charge is -2.24. The zero-order valence-corrected chi connectivity index (χ0v) is 8.61. The van der Waals surface area contributed by atoms with Crippen molar-refractivity contribution in [3.05, 3.63) is 12.2 Å². The fourth-order valence-electron chi connectivity index (χ4n) is 1.83. The van der Waals surface area contributed by atoms with E-state index in [4.69, 9.17) is 5.73 Å². The van der Waals surface area contributed by atoms with Gasteiger partial charge in [0.15, 0.2) is 0 Å². The smallest absolute Gasteiger partial charge is 0.0574 e. The van der Waals surface area contributed by atoms with Crippen molar-refractivity contribution in [1.82, 2.24) is 0 Å². The van der Waals surface area contributed by atoms with Crippen molar-refractivity contribution in [1.29, 1.82) is 0 Å². The highest BCUT2D eigenvalue weighted by Gasteiger charge is 2.19. The van der Waals surface area contributed by atoms with Crippen LogP contribution in [0.25, 0.3) is 0 Å². The molecule has 0 aromatic rings. The summed E-state index contributed by atoms with van der Waals surface area (Å²) < 4.78 is 0. The summed E-state index contributed by atoms with van der Waals surface area (Å²) in [6.07, 6.45) is 8.34. The van der Waals surface area contributed by atoms with Crippen molar-refractivity contribution in [2.75, 3.05) is 6.54 Å². The molecule has 0 aliphatic carbocycles. The molecule has 1 rings (SSSR count). The summed E-state index contributed by atoms with van der Waals surface area (Å²) in [6.45, 7) is 5.24. The second-order valence-corrected chi connectivity index (χ2v) is 4.15. The lowest BCUT2D eigenvalue weighted by Crippen LogP contribution is -2.28. The number of hydrogen-bond donors (Lipinski definition) is 1. The molecule has 0 aromatic carbocycles. The van der Waals surface area contributed by atoms with Crippen molar-refractivity contribution in [3.63, 3.8) is 0 Å². The van der Waals surface area contributed by atoms with E-state index in [1.54, 1.807) is 0 Å². The average molecular weight is 180 g/mol. The van der Waals surface area contributed by atoms with E-state index in [9.17, 15) is 0 Å². The van der Waals surface area contributed by atoms with Crippen molar-refractivity contribution >= 4 is 6.21 Å². The average Bonchev–Trinajstić information content (AvgIpc) is 2.15. The van der Waals surface area contributed by atoms with Crippen LogP contribution >= 0.6 is 0 Å². The van der Waals surface area contributed by atoms with E-state index in [0.29, 0.717) is 12.0 Å². The second kappa shape index (κ2) is 5.18. The van der Waals surface area contributed by atoms with Gasteiger partial charge in [0, 0.05) is 6.21 Å². The molecular weight excluding hydrogens is 160 g/mol. The fraction of sp³-hybridized carbons (Fsp3) is 0.727. The van der Waals surface area contributed by atoms with Gasteiger partial charge in [-0.15, -0.1) is 0 Å². The van der Waals surface area contributed by atoms with Gasteiger partial charge >= 0.3 is 0 Å². The summed E-state index contributed by atoms with van der Waals surface area (Å²) >= 11 is 0.